The molecule has 0 aliphatic carbocycles. The third-order valence-electron chi connectivity index (χ3n) is 4.93. The van der Waals surface area contributed by atoms with Crippen LogP contribution in [-0.4, -0.2) is 10.5 Å². The lowest BCUT2D eigenvalue weighted by molar-refractivity contribution is 0.100. The zero-order chi connectivity index (χ0) is 18.1. The molecule has 3 nitrogen and oxygen atoms in total. The zero-order valence-corrected chi connectivity index (χ0v) is 15.7. The molecule has 2 aromatic heterocycles. The maximum Gasteiger partial charge on any atom is 0.249 e. The highest BCUT2D eigenvalue weighted by molar-refractivity contribution is 7.09. The van der Waals surface area contributed by atoms with Crippen LogP contribution in [-0.2, 0) is 13.0 Å². The Bertz CT molecular complexity index is 1080. The van der Waals surface area contributed by atoms with Crippen LogP contribution in [0, 0.1) is 0 Å². The summed E-state index contributed by atoms with van der Waals surface area (Å²) in [7, 11) is 0. The second-order valence-corrected chi connectivity index (χ2v) is 7.72. The van der Waals surface area contributed by atoms with Gasteiger partial charge in [0.25, 0.3) is 0 Å². The van der Waals surface area contributed by atoms with Gasteiger partial charge in [-0.15, -0.1) is 11.3 Å². The molecule has 0 radical (unpaired) electrons. The molecule has 0 aliphatic rings. The van der Waals surface area contributed by atoms with E-state index >= 15 is 0 Å². The molecular weight excluding hydrogens is 340 g/mol. The Hall–Kier alpha value is -2.59. The van der Waals surface area contributed by atoms with Crippen molar-refractivity contribution in [2.75, 3.05) is 0 Å². The lowest BCUT2D eigenvalue weighted by Gasteiger charge is -2.07. The van der Waals surface area contributed by atoms with Crippen LogP contribution < -0.4 is 5.73 Å². The van der Waals surface area contributed by atoms with Crippen molar-refractivity contribution >= 4 is 39.0 Å². The minimum absolute atomic E-state index is 0.374. The Kier molecular flexibility index (Phi) is 4.51. The van der Waals surface area contributed by atoms with E-state index in [0.717, 1.165) is 29.3 Å². The summed E-state index contributed by atoms with van der Waals surface area (Å²) in [4.78, 5) is 13.3. The Labute approximate surface area is 157 Å². The van der Waals surface area contributed by atoms with Gasteiger partial charge in [0.1, 0.15) is 0 Å². The molecule has 0 fully saturated rings. The summed E-state index contributed by atoms with van der Waals surface area (Å²) >= 11 is 1.75. The number of nitrogens with two attached hydrogens (primary N) is 1. The first-order valence-corrected chi connectivity index (χ1v) is 9.93. The van der Waals surface area contributed by atoms with Crippen molar-refractivity contribution in [3.05, 3.63) is 69.9 Å². The van der Waals surface area contributed by atoms with E-state index < -0.39 is 0 Å². The minimum atomic E-state index is -0.374. The van der Waals surface area contributed by atoms with E-state index in [1.165, 1.54) is 28.8 Å². The number of rotatable bonds is 6. The predicted molar refractivity (Wildman–Crippen MR) is 110 cm³/mol. The van der Waals surface area contributed by atoms with Crippen LogP contribution in [0.25, 0.3) is 21.8 Å². The molecule has 0 saturated carbocycles. The molecule has 4 heteroatoms. The smallest absolute Gasteiger partial charge is 0.249 e. The number of carbonyl (C=O) groups is 1. The van der Waals surface area contributed by atoms with Gasteiger partial charge in [0.15, 0.2) is 0 Å². The molecule has 0 bridgehead atoms. The van der Waals surface area contributed by atoms with Crippen molar-refractivity contribution in [3.8, 4) is 0 Å². The maximum atomic E-state index is 12.0. The van der Waals surface area contributed by atoms with E-state index in [-0.39, 0.29) is 5.91 Å². The van der Waals surface area contributed by atoms with Crippen LogP contribution in [0.5, 0.6) is 0 Å². The third kappa shape index (κ3) is 2.90. The van der Waals surface area contributed by atoms with Gasteiger partial charge < -0.3 is 10.3 Å². The van der Waals surface area contributed by atoms with Gasteiger partial charge >= 0.3 is 0 Å². The fourth-order valence-electron chi connectivity index (χ4n) is 3.66. The predicted octanol–water partition coefficient (Wildman–Crippen LogP) is 5.35. The van der Waals surface area contributed by atoms with Gasteiger partial charge in [-0.05, 0) is 48.1 Å². The molecule has 0 unspecified atom stereocenters. The van der Waals surface area contributed by atoms with Crippen molar-refractivity contribution < 1.29 is 4.79 Å². The molecule has 2 aromatic carbocycles. The molecule has 2 N–H and O–H groups in total. The van der Waals surface area contributed by atoms with E-state index in [9.17, 15) is 4.79 Å². The fourth-order valence-corrected chi connectivity index (χ4v) is 4.35. The summed E-state index contributed by atoms with van der Waals surface area (Å²) in [5.74, 6) is -0.374. The normalized spacial score (nSPS) is 11.4. The van der Waals surface area contributed by atoms with Gasteiger partial charge in [-0.3, -0.25) is 4.79 Å². The summed E-state index contributed by atoms with van der Waals surface area (Å²) < 4.78 is 2.32. The van der Waals surface area contributed by atoms with Crippen LogP contribution in [0.3, 0.4) is 0 Å². The first kappa shape index (κ1) is 16.9. The van der Waals surface area contributed by atoms with Gasteiger partial charge in [0.2, 0.25) is 5.91 Å². The number of primary amides is 1. The summed E-state index contributed by atoms with van der Waals surface area (Å²) in [6, 6.07) is 16.7. The van der Waals surface area contributed by atoms with E-state index in [1.54, 1.807) is 11.3 Å². The average molecular weight is 362 g/mol. The molecule has 0 spiro atoms. The first-order chi connectivity index (χ1) is 12.7. The van der Waals surface area contributed by atoms with Crippen LogP contribution in [0.4, 0.5) is 0 Å². The first-order valence-electron chi connectivity index (χ1n) is 9.05. The number of amides is 1. The van der Waals surface area contributed by atoms with Gasteiger partial charge in [-0.1, -0.05) is 37.6 Å². The largest absolute Gasteiger partial charge is 0.366 e. The van der Waals surface area contributed by atoms with E-state index in [4.69, 9.17) is 5.73 Å². The lowest BCUT2D eigenvalue weighted by atomic mass is 10.0. The number of aryl methyl sites for hydroxylation is 1. The van der Waals surface area contributed by atoms with Crippen LogP contribution >= 0.6 is 11.3 Å². The highest BCUT2D eigenvalue weighted by atomic mass is 32.1. The van der Waals surface area contributed by atoms with Crippen molar-refractivity contribution in [3.63, 3.8) is 0 Å². The molecule has 132 valence electrons. The van der Waals surface area contributed by atoms with Crippen LogP contribution in [0.1, 0.15) is 40.6 Å². The van der Waals surface area contributed by atoms with Gasteiger partial charge in [0, 0.05) is 26.7 Å². The van der Waals surface area contributed by atoms with E-state index in [2.05, 4.69) is 53.3 Å². The molecule has 26 heavy (non-hydrogen) atoms. The maximum absolute atomic E-state index is 12.0. The number of thiophene rings is 1. The van der Waals surface area contributed by atoms with Crippen molar-refractivity contribution in [1.82, 2.24) is 4.57 Å². The van der Waals surface area contributed by atoms with Gasteiger partial charge in [0.05, 0.1) is 12.1 Å². The molecule has 4 rings (SSSR count). The molecule has 1 amide bonds. The Morgan fingerprint density at radius 1 is 1.12 bits per heavy atom. The number of hydrogen-bond donors (Lipinski definition) is 1. The number of aromatic nitrogens is 1. The average Bonchev–Trinajstić information content (AvgIpc) is 3.27. The zero-order valence-electron chi connectivity index (χ0n) is 14.9. The molecule has 0 aliphatic heterocycles. The number of fused-ring (bicyclic) bond motifs is 3. The standard InChI is InChI=1S/C22H22N2OS/c1-2-3-6-15-10-11-17-20(13-15)24(14-16-7-5-12-26-16)19-9-4-8-18(21(17)19)22(23)25/h4-5,7-13H,2-3,6,14H2,1H3,(H2,23,25). The summed E-state index contributed by atoms with van der Waals surface area (Å²) in [6.45, 7) is 3.02. The van der Waals surface area contributed by atoms with Crippen LogP contribution in [0.15, 0.2) is 53.9 Å². The monoisotopic (exact) mass is 362 g/mol. The summed E-state index contributed by atoms with van der Waals surface area (Å²) in [5.41, 5.74) is 9.85. The van der Waals surface area contributed by atoms with Crippen LogP contribution in [0.2, 0.25) is 0 Å². The van der Waals surface area contributed by atoms with E-state index in [0.29, 0.717) is 5.56 Å². The van der Waals surface area contributed by atoms with Crippen molar-refractivity contribution in [1.29, 1.82) is 0 Å². The Morgan fingerprint density at radius 2 is 2.00 bits per heavy atom. The number of hydrogen-bond acceptors (Lipinski definition) is 2. The highest BCUT2D eigenvalue weighted by Gasteiger charge is 2.17. The van der Waals surface area contributed by atoms with Gasteiger partial charge in [-0.2, -0.15) is 0 Å². The molecule has 4 aromatic rings. The molecule has 2 heterocycles. The number of carbonyl (C=O) groups excluding carboxylic acids is 1. The number of unbranched alkanes of at least 4 members (excludes halogenated alkanes) is 1. The Morgan fingerprint density at radius 3 is 2.73 bits per heavy atom. The second-order valence-electron chi connectivity index (χ2n) is 6.68. The van der Waals surface area contributed by atoms with E-state index in [1.807, 2.05) is 12.1 Å². The number of nitrogens with zero attached hydrogens (tertiary/aromatic N) is 1. The third-order valence-corrected chi connectivity index (χ3v) is 5.80. The fraction of sp³-hybridized carbons (Fsp3) is 0.227. The Balaban J connectivity index is 1.99. The SMILES string of the molecule is CCCCc1ccc2c3c(C(N)=O)cccc3n(Cc3cccs3)c2c1. The molecule has 0 saturated heterocycles. The highest BCUT2D eigenvalue weighted by Crippen LogP contribution is 2.33. The second kappa shape index (κ2) is 6.96. The lowest BCUT2D eigenvalue weighted by Crippen LogP contribution is -2.11. The van der Waals surface area contributed by atoms with Crippen molar-refractivity contribution in [2.24, 2.45) is 5.73 Å². The van der Waals surface area contributed by atoms with Crippen molar-refractivity contribution in [2.45, 2.75) is 32.7 Å². The minimum Gasteiger partial charge on any atom is -0.366 e. The quantitative estimate of drug-likeness (QED) is 0.494. The topological polar surface area (TPSA) is 48.0 Å². The number of benzene rings is 2. The molecule has 0 atom stereocenters. The molecular formula is C22H22N2OS. The van der Waals surface area contributed by atoms with Gasteiger partial charge in [-0.25, -0.2) is 0 Å². The summed E-state index contributed by atoms with van der Waals surface area (Å²) in [5, 5.41) is 4.17. The summed E-state index contributed by atoms with van der Waals surface area (Å²) in [6.07, 6.45) is 3.45.